The van der Waals surface area contributed by atoms with Crippen molar-refractivity contribution < 1.29 is 9.90 Å². The Kier molecular flexibility index (Phi) is 4.33. The molecule has 1 aromatic rings. The van der Waals surface area contributed by atoms with E-state index in [-0.39, 0.29) is 29.4 Å². The lowest BCUT2D eigenvalue weighted by Gasteiger charge is -2.16. The zero-order chi connectivity index (χ0) is 12.8. The maximum absolute atomic E-state index is 11.9. The van der Waals surface area contributed by atoms with Gasteiger partial charge in [-0.2, -0.15) is 10.5 Å². The number of benzene rings is 1. The van der Waals surface area contributed by atoms with Gasteiger partial charge in [0.1, 0.15) is 18.8 Å². The summed E-state index contributed by atoms with van der Waals surface area (Å²) in [5.41, 5.74) is 0.0668. The normalized spacial score (nSPS) is 9.12. The topological polar surface area (TPSA) is 88.1 Å². The summed E-state index contributed by atoms with van der Waals surface area (Å²) >= 11 is 5.81. The second-order valence-corrected chi connectivity index (χ2v) is 3.55. The Balaban J connectivity index is 3.06. The van der Waals surface area contributed by atoms with Crippen LogP contribution in [0.3, 0.4) is 0 Å². The number of rotatable bonds is 3. The molecule has 0 aliphatic rings. The molecule has 0 atom stereocenters. The highest BCUT2D eigenvalue weighted by Gasteiger charge is 2.18. The lowest BCUT2D eigenvalue weighted by Crippen LogP contribution is -2.31. The number of halogens is 1. The molecule has 0 radical (unpaired) electrons. The van der Waals surface area contributed by atoms with Crippen LogP contribution in [0.5, 0.6) is 5.75 Å². The molecule has 17 heavy (non-hydrogen) atoms. The molecule has 0 bridgehead atoms. The van der Waals surface area contributed by atoms with Crippen molar-refractivity contribution in [1.82, 2.24) is 4.90 Å². The third kappa shape index (κ3) is 3.10. The van der Waals surface area contributed by atoms with Gasteiger partial charge in [-0.05, 0) is 18.2 Å². The number of carbonyl (C=O) groups is 1. The highest BCUT2D eigenvalue weighted by molar-refractivity contribution is 6.33. The van der Waals surface area contributed by atoms with Crippen molar-refractivity contribution in [3.63, 3.8) is 0 Å². The minimum absolute atomic E-state index is 0.0668. The summed E-state index contributed by atoms with van der Waals surface area (Å²) in [6.07, 6.45) is 0. The van der Waals surface area contributed by atoms with Crippen LogP contribution >= 0.6 is 11.6 Å². The SMILES string of the molecule is N#CCN(CC#N)C(=O)c1cc(O)ccc1Cl. The predicted octanol–water partition coefficient (Wildman–Crippen LogP) is 1.53. The second-order valence-electron chi connectivity index (χ2n) is 3.14. The Morgan fingerprint density at radius 3 is 2.47 bits per heavy atom. The molecule has 0 aromatic heterocycles. The highest BCUT2D eigenvalue weighted by Crippen LogP contribution is 2.22. The summed E-state index contributed by atoms with van der Waals surface area (Å²) in [7, 11) is 0. The fraction of sp³-hybridized carbons (Fsp3) is 0.182. The average molecular weight is 250 g/mol. The van der Waals surface area contributed by atoms with Gasteiger partial charge < -0.3 is 10.0 Å². The second kappa shape index (κ2) is 5.74. The van der Waals surface area contributed by atoms with E-state index in [4.69, 9.17) is 22.1 Å². The minimum Gasteiger partial charge on any atom is -0.508 e. The van der Waals surface area contributed by atoms with Crippen LogP contribution in [0.15, 0.2) is 18.2 Å². The first-order valence-electron chi connectivity index (χ1n) is 4.62. The van der Waals surface area contributed by atoms with Gasteiger partial charge in [-0.25, -0.2) is 0 Å². The predicted molar refractivity (Wildman–Crippen MR) is 60.2 cm³/mol. The fourth-order valence-electron chi connectivity index (χ4n) is 1.22. The molecule has 1 rings (SSSR count). The zero-order valence-corrected chi connectivity index (χ0v) is 9.48. The Morgan fingerprint density at radius 2 is 1.94 bits per heavy atom. The van der Waals surface area contributed by atoms with Gasteiger partial charge in [0, 0.05) is 0 Å². The molecule has 86 valence electrons. The number of phenolic OH excluding ortho intramolecular Hbond substituents is 1. The Labute approximate surface area is 103 Å². The molecule has 0 saturated carbocycles. The Bertz CT molecular complexity index is 500. The molecule has 1 amide bonds. The molecular formula is C11H8ClN3O2. The molecule has 1 N–H and O–H groups in total. The van der Waals surface area contributed by atoms with E-state index in [0.29, 0.717) is 0 Å². The summed E-state index contributed by atoms with van der Waals surface area (Å²) < 4.78 is 0. The number of carbonyl (C=O) groups excluding carboxylic acids is 1. The van der Waals surface area contributed by atoms with Gasteiger partial charge in [0.25, 0.3) is 5.91 Å². The van der Waals surface area contributed by atoms with E-state index < -0.39 is 5.91 Å². The van der Waals surface area contributed by atoms with Gasteiger partial charge in [-0.15, -0.1) is 0 Å². The first kappa shape index (κ1) is 12.8. The zero-order valence-electron chi connectivity index (χ0n) is 8.72. The lowest BCUT2D eigenvalue weighted by atomic mass is 10.2. The van der Waals surface area contributed by atoms with Crippen molar-refractivity contribution in [3.05, 3.63) is 28.8 Å². The summed E-state index contributed by atoms with van der Waals surface area (Å²) in [4.78, 5) is 13.0. The van der Waals surface area contributed by atoms with E-state index >= 15 is 0 Å². The van der Waals surface area contributed by atoms with Crippen molar-refractivity contribution in [2.75, 3.05) is 13.1 Å². The van der Waals surface area contributed by atoms with Crippen LogP contribution in [0.2, 0.25) is 5.02 Å². The van der Waals surface area contributed by atoms with Gasteiger partial charge in [0.2, 0.25) is 0 Å². The molecular weight excluding hydrogens is 242 g/mol. The van der Waals surface area contributed by atoms with E-state index in [1.54, 1.807) is 12.1 Å². The minimum atomic E-state index is -0.561. The fourth-order valence-corrected chi connectivity index (χ4v) is 1.42. The number of amides is 1. The largest absolute Gasteiger partial charge is 0.508 e. The third-order valence-electron chi connectivity index (χ3n) is 1.99. The number of aromatic hydroxyl groups is 1. The molecule has 0 fully saturated rings. The van der Waals surface area contributed by atoms with Crippen LogP contribution in [-0.4, -0.2) is 29.0 Å². The number of hydrogen-bond acceptors (Lipinski definition) is 4. The van der Waals surface area contributed by atoms with Crippen molar-refractivity contribution in [3.8, 4) is 17.9 Å². The molecule has 1 aromatic carbocycles. The van der Waals surface area contributed by atoms with Gasteiger partial charge in [0.15, 0.2) is 0 Å². The van der Waals surface area contributed by atoms with Crippen LogP contribution in [0, 0.1) is 22.7 Å². The quantitative estimate of drug-likeness (QED) is 0.823. The highest BCUT2D eigenvalue weighted by atomic mass is 35.5. The van der Waals surface area contributed by atoms with Crippen LogP contribution in [0.1, 0.15) is 10.4 Å². The molecule has 0 aliphatic carbocycles. The van der Waals surface area contributed by atoms with Crippen LogP contribution in [-0.2, 0) is 0 Å². The maximum atomic E-state index is 11.9. The van der Waals surface area contributed by atoms with E-state index in [9.17, 15) is 9.90 Å². The maximum Gasteiger partial charge on any atom is 0.257 e. The monoisotopic (exact) mass is 249 g/mol. The van der Waals surface area contributed by atoms with E-state index in [1.165, 1.54) is 18.2 Å². The summed E-state index contributed by atoms with van der Waals surface area (Å²) in [6.45, 7) is -0.420. The van der Waals surface area contributed by atoms with Crippen LogP contribution in [0.25, 0.3) is 0 Å². The molecule has 0 aliphatic heterocycles. The Hall–Kier alpha value is -2.24. The first-order chi connectivity index (χ1) is 8.10. The van der Waals surface area contributed by atoms with Crippen LogP contribution in [0.4, 0.5) is 0 Å². The molecule has 0 heterocycles. The van der Waals surface area contributed by atoms with E-state index in [1.807, 2.05) is 0 Å². The number of hydrogen-bond donors (Lipinski definition) is 1. The number of nitriles is 2. The molecule has 6 heteroatoms. The van der Waals surface area contributed by atoms with Gasteiger partial charge in [0.05, 0.1) is 22.7 Å². The van der Waals surface area contributed by atoms with E-state index in [0.717, 1.165) is 4.90 Å². The van der Waals surface area contributed by atoms with E-state index in [2.05, 4.69) is 0 Å². The van der Waals surface area contributed by atoms with Crippen LogP contribution < -0.4 is 0 Å². The van der Waals surface area contributed by atoms with Crippen molar-refractivity contribution in [2.24, 2.45) is 0 Å². The molecule has 5 nitrogen and oxygen atoms in total. The molecule has 0 saturated heterocycles. The lowest BCUT2D eigenvalue weighted by molar-refractivity contribution is 0.0794. The van der Waals surface area contributed by atoms with Crippen molar-refractivity contribution in [2.45, 2.75) is 0 Å². The smallest absolute Gasteiger partial charge is 0.257 e. The number of nitrogens with zero attached hydrogens (tertiary/aromatic N) is 3. The van der Waals surface area contributed by atoms with Gasteiger partial charge in [-0.3, -0.25) is 4.79 Å². The summed E-state index contributed by atoms with van der Waals surface area (Å²) in [6, 6.07) is 7.49. The standard InChI is InChI=1S/C11H8ClN3O2/c12-10-2-1-8(16)7-9(10)11(17)15(5-3-13)6-4-14/h1-2,7,16H,5-6H2. The van der Waals surface area contributed by atoms with Crippen molar-refractivity contribution in [1.29, 1.82) is 10.5 Å². The number of phenols is 1. The molecule has 0 unspecified atom stereocenters. The Morgan fingerprint density at radius 1 is 1.35 bits per heavy atom. The average Bonchev–Trinajstić information content (AvgIpc) is 2.31. The van der Waals surface area contributed by atoms with Gasteiger partial charge in [-0.1, -0.05) is 11.6 Å². The summed E-state index contributed by atoms with van der Waals surface area (Å²) in [5.74, 6) is -0.666. The molecule has 0 spiro atoms. The van der Waals surface area contributed by atoms with Crippen molar-refractivity contribution >= 4 is 17.5 Å². The van der Waals surface area contributed by atoms with Gasteiger partial charge >= 0.3 is 0 Å². The summed E-state index contributed by atoms with van der Waals surface area (Å²) in [5, 5.41) is 26.5. The third-order valence-corrected chi connectivity index (χ3v) is 2.32. The first-order valence-corrected chi connectivity index (χ1v) is 4.99.